The second kappa shape index (κ2) is 7.67. The van der Waals surface area contributed by atoms with Crippen molar-refractivity contribution in [3.8, 4) is 0 Å². The van der Waals surface area contributed by atoms with Crippen LogP contribution in [0, 0.1) is 26.7 Å². The first-order valence-corrected chi connectivity index (χ1v) is 10.4. The summed E-state index contributed by atoms with van der Waals surface area (Å²) >= 11 is 0. The lowest BCUT2D eigenvalue weighted by atomic mass is 9.90. The Balaban J connectivity index is 1.44. The Morgan fingerprint density at radius 1 is 1.28 bits per heavy atom. The van der Waals surface area contributed by atoms with Crippen molar-refractivity contribution in [3.05, 3.63) is 52.7 Å². The number of benzene rings is 1. The van der Waals surface area contributed by atoms with Gasteiger partial charge < -0.3 is 19.6 Å². The molecule has 0 radical (unpaired) electrons. The van der Waals surface area contributed by atoms with E-state index in [0.29, 0.717) is 25.3 Å². The van der Waals surface area contributed by atoms with E-state index in [2.05, 4.69) is 35.9 Å². The molecule has 0 bridgehead atoms. The van der Waals surface area contributed by atoms with Crippen molar-refractivity contribution in [2.75, 3.05) is 13.1 Å². The number of aromatic nitrogens is 3. The van der Waals surface area contributed by atoms with Gasteiger partial charge in [0.1, 0.15) is 11.9 Å². The molecule has 3 heterocycles. The number of nitrogens with zero attached hydrogens (tertiary/aromatic N) is 3. The largest absolute Gasteiger partial charge is 0.385 e. The lowest BCUT2D eigenvalue weighted by molar-refractivity contribution is -0.132. The minimum absolute atomic E-state index is 0.139. The predicted molar refractivity (Wildman–Crippen MR) is 114 cm³/mol. The number of aryl methyl sites for hydroxylation is 4. The van der Waals surface area contributed by atoms with Crippen LogP contribution >= 0.6 is 0 Å². The summed E-state index contributed by atoms with van der Waals surface area (Å²) in [6.45, 7) is 7.62. The molecule has 3 aromatic rings. The van der Waals surface area contributed by atoms with E-state index in [-0.39, 0.29) is 11.8 Å². The topological polar surface area (TPSA) is 74.2 Å². The minimum Gasteiger partial charge on any atom is -0.385 e. The van der Waals surface area contributed by atoms with E-state index in [1.54, 1.807) is 6.20 Å². The Labute approximate surface area is 171 Å². The predicted octanol–water partition coefficient (Wildman–Crippen LogP) is 3.34. The van der Waals surface area contributed by atoms with Crippen molar-refractivity contribution >= 4 is 16.8 Å². The van der Waals surface area contributed by atoms with Crippen LogP contribution in [-0.2, 0) is 18.3 Å². The molecule has 0 aliphatic carbocycles. The number of nitrogens with one attached hydrogen (secondary N) is 1. The third-order valence-corrected chi connectivity index (χ3v) is 6.36. The van der Waals surface area contributed by atoms with Crippen molar-refractivity contribution in [2.45, 2.75) is 46.1 Å². The molecule has 1 fully saturated rings. The van der Waals surface area contributed by atoms with E-state index in [1.807, 2.05) is 29.6 Å². The number of rotatable bonds is 4. The zero-order valence-electron chi connectivity index (χ0n) is 17.7. The van der Waals surface area contributed by atoms with E-state index < -0.39 is 6.10 Å². The number of H-pyrrole nitrogens is 1. The van der Waals surface area contributed by atoms with Gasteiger partial charge in [0.2, 0.25) is 5.91 Å². The average molecular weight is 395 g/mol. The molecule has 0 unspecified atom stereocenters. The first-order chi connectivity index (χ1) is 13.8. The molecule has 154 valence electrons. The molecule has 6 heteroatoms. The van der Waals surface area contributed by atoms with Crippen molar-refractivity contribution in [1.82, 2.24) is 19.4 Å². The highest BCUT2D eigenvalue weighted by Gasteiger charge is 2.30. The second-order valence-electron chi connectivity index (χ2n) is 8.47. The number of likely N-dealkylation sites (tertiary alicyclic amines) is 1. The van der Waals surface area contributed by atoms with Gasteiger partial charge in [-0.2, -0.15) is 0 Å². The standard InChI is InChI=1S/C23H30N4O2/c1-14-11-15(2)21-19(12-14)18(16(3)25-21)13-20(28)27-8-5-17(6-9-27)22(29)23-24-7-10-26(23)4/h7,10-12,17,22,25,29H,5-6,8-9,13H2,1-4H3/t22-/m0/s1. The van der Waals surface area contributed by atoms with E-state index in [1.165, 1.54) is 11.1 Å². The van der Waals surface area contributed by atoms with Crippen LogP contribution in [0.15, 0.2) is 24.5 Å². The molecule has 0 spiro atoms. The number of aliphatic hydroxyl groups excluding tert-OH is 1. The van der Waals surface area contributed by atoms with Crippen molar-refractivity contribution in [1.29, 1.82) is 0 Å². The van der Waals surface area contributed by atoms with Crippen LogP contribution in [0.4, 0.5) is 0 Å². The summed E-state index contributed by atoms with van der Waals surface area (Å²) in [4.78, 5) is 22.7. The van der Waals surface area contributed by atoms with Gasteiger partial charge in [-0.15, -0.1) is 0 Å². The molecule has 29 heavy (non-hydrogen) atoms. The maximum Gasteiger partial charge on any atom is 0.227 e. The van der Waals surface area contributed by atoms with Gasteiger partial charge >= 0.3 is 0 Å². The average Bonchev–Trinajstić information content (AvgIpc) is 3.25. The first kappa shape index (κ1) is 19.7. The fourth-order valence-corrected chi connectivity index (χ4v) is 4.66. The molecule has 1 aliphatic rings. The summed E-state index contributed by atoms with van der Waals surface area (Å²) in [7, 11) is 1.90. The minimum atomic E-state index is -0.575. The van der Waals surface area contributed by atoms with Crippen molar-refractivity contribution < 1.29 is 9.90 Å². The summed E-state index contributed by atoms with van der Waals surface area (Å²) < 4.78 is 1.87. The second-order valence-corrected chi connectivity index (χ2v) is 8.47. The SMILES string of the molecule is Cc1cc(C)c2[nH]c(C)c(CC(=O)N3CCC([C@H](O)c4nccn4C)CC3)c2c1. The highest BCUT2D eigenvalue weighted by molar-refractivity contribution is 5.92. The van der Waals surface area contributed by atoms with Crippen LogP contribution in [0.1, 0.15) is 47.2 Å². The van der Waals surface area contributed by atoms with E-state index in [0.717, 1.165) is 35.0 Å². The number of carbonyl (C=O) groups excluding carboxylic acids is 1. The Hall–Kier alpha value is -2.60. The zero-order chi connectivity index (χ0) is 20.7. The Bertz CT molecular complexity index is 1040. The molecule has 1 atom stereocenters. The highest BCUT2D eigenvalue weighted by atomic mass is 16.3. The molecule has 1 amide bonds. The third-order valence-electron chi connectivity index (χ3n) is 6.36. The van der Waals surface area contributed by atoms with Crippen LogP contribution < -0.4 is 0 Å². The van der Waals surface area contributed by atoms with Crippen molar-refractivity contribution in [3.63, 3.8) is 0 Å². The molecule has 4 rings (SSSR count). The summed E-state index contributed by atoms with van der Waals surface area (Å²) in [6, 6.07) is 4.34. The van der Waals surface area contributed by atoms with Crippen LogP contribution in [0.3, 0.4) is 0 Å². The van der Waals surface area contributed by atoms with Gasteiger partial charge in [-0.25, -0.2) is 4.98 Å². The van der Waals surface area contributed by atoms with Crippen LogP contribution in [0.5, 0.6) is 0 Å². The number of amides is 1. The number of aromatic amines is 1. The maximum absolute atomic E-state index is 13.0. The van der Waals surface area contributed by atoms with Gasteiger partial charge in [-0.05, 0) is 56.7 Å². The Morgan fingerprint density at radius 2 is 2.00 bits per heavy atom. The Kier molecular flexibility index (Phi) is 5.21. The maximum atomic E-state index is 13.0. The number of carbonyl (C=O) groups is 1. The molecular formula is C23H30N4O2. The molecule has 1 aliphatic heterocycles. The molecular weight excluding hydrogens is 364 g/mol. The van der Waals surface area contributed by atoms with Gasteiger partial charge in [-0.1, -0.05) is 11.6 Å². The lowest BCUT2D eigenvalue weighted by Crippen LogP contribution is -2.40. The highest BCUT2D eigenvalue weighted by Crippen LogP contribution is 2.31. The van der Waals surface area contributed by atoms with Crippen molar-refractivity contribution in [2.24, 2.45) is 13.0 Å². The lowest BCUT2D eigenvalue weighted by Gasteiger charge is -2.34. The van der Waals surface area contributed by atoms with Crippen LogP contribution in [0.25, 0.3) is 10.9 Å². The van der Waals surface area contributed by atoms with Crippen LogP contribution in [0.2, 0.25) is 0 Å². The monoisotopic (exact) mass is 394 g/mol. The van der Waals surface area contributed by atoms with Crippen LogP contribution in [-0.4, -0.2) is 43.5 Å². The van der Waals surface area contributed by atoms with E-state index in [4.69, 9.17) is 0 Å². The first-order valence-electron chi connectivity index (χ1n) is 10.4. The summed E-state index contributed by atoms with van der Waals surface area (Å²) in [5.41, 5.74) is 5.74. The number of imidazole rings is 1. The number of hydrogen-bond acceptors (Lipinski definition) is 3. The van der Waals surface area contributed by atoms with Gasteiger partial charge in [0, 0.05) is 49.1 Å². The summed E-state index contributed by atoms with van der Waals surface area (Å²) in [5, 5.41) is 11.8. The number of piperidine rings is 1. The van der Waals surface area contributed by atoms with E-state index >= 15 is 0 Å². The molecule has 6 nitrogen and oxygen atoms in total. The molecule has 2 N–H and O–H groups in total. The normalized spacial score (nSPS) is 16.5. The van der Waals surface area contributed by atoms with Gasteiger partial charge in [0.05, 0.1) is 6.42 Å². The number of hydrogen-bond donors (Lipinski definition) is 2. The summed E-state index contributed by atoms with van der Waals surface area (Å²) in [5.74, 6) is 1.01. The Morgan fingerprint density at radius 3 is 2.66 bits per heavy atom. The number of aliphatic hydroxyl groups is 1. The zero-order valence-corrected chi connectivity index (χ0v) is 17.7. The third kappa shape index (κ3) is 3.69. The fourth-order valence-electron chi connectivity index (χ4n) is 4.66. The smallest absolute Gasteiger partial charge is 0.227 e. The van der Waals surface area contributed by atoms with Gasteiger partial charge in [0.15, 0.2) is 0 Å². The van der Waals surface area contributed by atoms with Gasteiger partial charge in [0.25, 0.3) is 0 Å². The molecule has 0 saturated carbocycles. The molecule has 1 aromatic carbocycles. The molecule has 1 saturated heterocycles. The quantitative estimate of drug-likeness (QED) is 0.713. The van der Waals surface area contributed by atoms with Gasteiger partial charge in [-0.3, -0.25) is 4.79 Å². The van der Waals surface area contributed by atoms with E-state index in [9.17, 15) is 9.90 Å². The summed E-state index contributed by atoms with van der Waals surface area (Å²) in [6.07, 6.45) is 5.00. The fraction of sp³-hybridized carbons (Fsp3) is 0.478. The number of fused-ring (bicyclic) bond motifs is 1. The molecule has 2 aromatic heterocycles.